The van der Waals surface area contributed by atoms with Crippen molar-refractivity contribution >= 4 is 0 Å². The molecule has 1 fully saturated rings. The Morgan fingerprint density at radius 3 is 1.18 bits per heavy atom. The van der Waals surface area contributed by atoms with E-state index in [0.717, 1.165) is 33.5 Å². The van der Waals surface area contributed by atoms with Crippen molar-refractivity contribution in [3.63, 3.8) is 0 Å². The van der Waals surface area contributed by atoms with Crippen molar-refractivity contribution in [2.45, 2.75) is 0 Å². The van der Waals surface area contributed by atoms with Crippen LogP contribution in [0.3, 0.4) is 0 Å². The van der Waals surface area contributed by atoms with Gasteiger partial charge < -0.3 is 25.5 Å². The summed E-state index contributed by atoms with van der Waals surface area (Å²) in [7, 11) is 1.00. The average Bonchev–Trinajstić information content (AvgIpc) is 1.96. The van der Waals surface area contributed by atoms with Crippen LogP contribution in [0.25, 0.3) is 0 Å². The topological polar surface area (TPSA) is 100 Å². The summed E-state index contributed by atoms with van der Waals surface area (Å²) in [6, 6.07) is 0. The monoisotopic (exact) mass is 194 g/mol. The summed E-state index contributed by atoms with van der Waals surface area (Å²) in [6.07, 6.45) is 0. The average molecular weight is 194 g/mol. The van der Waals surface area contributed by atoms with Gasteiger partial charge in [-0.25, -0.2) is 0 Å². The normalized spacial score (nSPS) is 13.6. The van der Waals surface area contributed by atoms with Crippen LogP contribution < -0.4 is 51.4 Å². The Morgan fingerprint density at radius 1 is 0.909 bits per heavy atom. The van der Waals surface area contributed by atoms with E-state index in [1.807, 2.05) is 0 Å². The zero-order valence-electron chi connectivity index (χ0n) is 7.04. The van der Waals surface area contributed by atoms with Crippen molar-refractivity contribution in [3.05, 3.63) is 0 Å². The van der Waals surface area contributed by atoms with Gasteiger partial charge in [0.15, 0.2) is 0 Å². The van der Waals surface area contributed by atoms with Crippen LogP contribution in [0.15, 0.2) is 0 Å². The first kappa shape index (κ1) is 22.9. The summed E-state index contributed by atoms with van der Waals surface area (Å²) in [5, 5.41) is 7.00. The quantitative estimate of drug-likeness (QED) is 0.394. The molecular weight excluding hydrogens is 179 g/mol. The van der Waals surface area contributed by atoms with Gasteiger partial charge in [0, 0.05) is 7.11 Å². The molecule has 1 saturated heterocycles. The van der Waals surface area contributed by atoms with E-state index in [9.17, 15) is 0 Å². The second kappa shape index (κ2) is 22.5. The molecule has 0 unspecified atom stereocenters. The van der Waals surface area contributed by atoms with Gasteiger partial charge >= 0.3 is 51.4 Å². The number of ether oxygens (including phenoxy) is 2. The van der Waals surface area contributed by atoms with Crippen LogP contribution in [0.5, 0.6) is 0 Å². The molecule has 1 heterocycles. The molecule has 5 nitrogen and oxygen atoms in total. The number of rotatable bonds is 0. The molecule has 0 spiro atoms. The Balaban J connectivity index is -0.0000000459. The number of hydrogen-bond donors (Lipinski definition) is 1. The molecule has 0 aromatic heterocycles. The molecule has 0 aromatic rings. The van der Waals surface area contributed by atoms with E-state index < -0.39 is 0 Å². The Bertz CT molecular complexity index is 30.3. The van der Waals surface area contributed by atoms with Crippen LogP contribution in [0.1, 0.15) is 0 Å². The first-order chi connectivity index (χ1) is 4.00. The van der Waals surface area contributed by atoms with E-state index in [1.165, 1.54) is 0 Å². The first-order valence-electron chi connectivity index (χ1n) is 2.60. The summed E-state index contributed by atoms with van der Waals surface area (Å²) in [6.45, 7) is 3.11. The Kier molecular flexibility index (Phi) is 46.8. The largest absolute Gasteiger partial charge is 1.00 e. The molecule has 1 rings (SSSR count). The third kappa shape index (κ3) is 18.4. The molecule has 4 N–H and O–H groups in total. The van der Waals surface area contributed by atoms with Gasteiger partial charge in [0.2, 0.25) is 0 Å². The maximum atomic E-state index is 7.00. The molecule has 0 radical (unpaired) electrons. The van der Waals surface area contributed by atoms with Gasteiger partial charge in [0.1, 0.15) is 0 Å². The molecule has 11 heavy (non-hydrogen) atoms. The van der Waals surface area contributed by atoms with E-state index in [4.69, 9.17) is 14.6 Å². The van der Waals surface area contributed by atoms with Crippen molar-refractivity contribution in [3.8, 4) is 0 Å². The van der Waals surface area contributed by atoms with Crippen molar-refractivity contribution in [2.24, 2.45) is 0 Å². The van der Waals surface area contributed by atoms with Gasteiger partial charge in [-0.3, -0.25) is 0 Å². The van der Waals surface area contributed by atoms with Crippen molar-refractivity contribution < 1.29 is 76.9 Å². The van der Waals surface area contributed by atoms with E-state index >= 15 is 0 Å². The first-order valence-corrected chi connectivity index (χ1v) is 2.60. The van der Waals surface area contributed by atoms with Gasteiger partial charge in [0.05, 0.1) is 26.4 Å². The molecule has 6 heteroatoms. The molecule has 0 atom stereocenters. The number of aliphatic hydroxyl groups excluding tert-OH is 1. The smallest absolute Gasteiger partial charge is 0.870 e. The molecule has 1 aliphatic rings. The molecule has 0 bridgehead atoms. The van der Waals surface area contributed by atoms with Crippen LogP contribution in [0.4, 0.5) is 0 Å². The Morgan fingerprint density at radius 2 is 1.09 bits per heavy atom. The molecule has 1 aliphatic heterocycles. The maximum Gasteiger partial charge on any atom is 1.00 e. The molecule has 0 aliphatic carbocycles. The van der Waals surface area contributed by atoms with Crippen LogP contribution in [-0.4, -0.2) is 49.6 Å². The van der Waals surface area contributed by atoms with Crippen LogP contribution in [0, 0.1) is 0 Å². The SMILES string of the molecule is C1COCCO1.CO.O.[K+].[OH-]. The van der Waals surface area contributed by atoms with Gasteiger partial charge in [-0.05, 0) is 0 Å². The fraction of sp³-hybridized carbons (Fsp3) is 1.00. The van der Waals surface area contributed by atoms with Crippen molar-refractivity contribution in [1.82, 2.24) is 0 Å². The second-order valence-corrected chi connectivity index (χ2v) is 1.22. The zero-order chi connectivity index (χ0) is 6.24. The summed E-state index contributed by atoms with van der Waals surface area (Å²) in [4.78, 5) is 0. The zero-order valence-corrected chi connectivity index (χ0v) is 10.2. The van der Waals surface area contributed by atoms with E-state index in [0.29, 0.717) is 0 Å². The number of aliphatic hydroxyl groups is 1. The van der Waals surface area contributed by atoms with E-state index in [-0.39, 0.29) is 62.3 Å². The van der Waals surface area contributed by atoms with Crippen LogP contribution in [-0.2, 0) is 9.47 Å². The van der Waals surface area contributed by atoms with Crippen LogP contribution in [0.2, 0.25) is 0 Å². The fourth-order valence-corrected chi connectivity index (χ4v) is 0.440. The number of hydrogen-bond acceptors (Lipinski definition) is 4. The predicted octanol–water partition coefficient (Wildman–Crippen LogP) is -4.36. The van der Waals surface area contributed by atoms with Gasteiger partial charge in [0.25, 0.3) is 0 Å². The fourth-order valence-electron chi connectivity index (χ4n) is 0.440. The third-order valence-electron chi connectivity index (χ3n) is 0.744. The molecule has 0 amide bonds. The summed E-state index contributed by atoms with van der Waals surface area (Å²) in [5.74, 6) is 0. The van der Waals surface area contributed by atoms with Gasteiger partial charge in [-0.1, -0.05) is 0 Å². The van der Waals surface area contributed by atoms with Gasteiger partial charge in [-0.15, -0.1) is 0 Å². The van der Waals surface area contributed by atoms with E-state index in [1.54, 1.807) is 0 Å². The molecule has 66 valence electrons. The van der Waals surface area contributed by atoms with Crippen molar-refractivity contribution in [2.75, 3.05) is 33.5 Å². The minimum absolute atomic E-state index is 0. The molecular formula is C5H15KO5. The van der Waals surface area contributed by atoms with Gasteiger partial charge in [-0.2, -0.15) is 0 Å². The summed E-state index contributed by atoms with van der Waals surface area (Å²) < 4.78 is 9.89. The standard InChI is InChI=1S/C4H8O2.CH4O.K.2H2O/c1-2-6-4-3-5-1;1-2;;;/h1-4H2;2H,1H3;;2*1H2/q;;+1;;/p-1. The minimum Gasteiger partial charge on any atom is -0.870 e. The molecule has 0 saturated carbocycles. The summed E-state index contributed by atoms with van der Waals surface area (Å²) in [5.41, 5.74) is 0. The van der Waals surface area contributed by atoms with Crippen molar-refractivity contribution in [1.29, 1.82) is 0 Å². The maximum absolute atomic E-state index is 7.00. The second-order valence-electron chi connectivity index (χ2n) is 1.22. The van der Waals surface area contributed by atoms with E-state index in [2.05, 4.69) is 0 Å². The predicted molar refractivity (Wildman–Crippen MR) is 35.3 cm³/mol. The Labute approximate surface area is 109 Å². The minimum atomic E-state index is 0. The third-order valence-corrected chi connectivity index (χ3v) is 0.744. The van der Waals surface area contributed by atoms with Crippen LogP contribution >= 0.6 is 0 Å². The summed E-state index contributed by atoms with van der Waals surface area (Å²) >= 11 is 0. The molecule has 0 aromatic carbocycles. The Hall–Kier alpha value is 1.44.